The number of carbonyl (C=O) groups excluding carboxylic acids is 1. The minimum absolute atomic E-state index is 0.150. The van der Waals surface area contributed by atoms with Crippen LogP contribution >= 0.6 is 0 Å². The van der Waals surface area contributed by atoms with Crippen molar-refractivity contribution in [1.29, 1.82) is 0 Å². The molecule has 0 heterocycles. The Hall–Kier alpha value is -3.27. The van der Waals surface area contributed by atoms with Gasteiger partial charge in [-0.2, -0.15) is 0 Å². The number of amides is 1. The fourth-order valence-electron chi connectivity index (χ4n) is 2.61. The smallest absolute Gasteiger partial charge is 0.255 e. The Labute approximate surface area is 159 Å². The molecule has 0 aliphatic heterocycles. The lowest BCUT2D eigenvalue weighted by molar-refractivity contribution is 0.102. The van der Waals surface area contributed by atoms with E-state index in [0.717, 1.165) is 11.4 Å². The van der Waals surface area contributed by atoms with E-state index < -0.39 is 0 Å². The predicted molar refractivity (Wildman–Crippen MR) is 108 cm³/mol. The Morgan fingerprint density at radius 1 is 0.778 bits per heavy atom. The Morgan fingerprint density at radius 2 is 1.30 bits per heavy atom. The Kier molecular flexibility index (Phi) is 5.77. The van der Waals surface area contributed by atoms with Crippen LogP contribution in [0.1, 0.15) is 35.7 Å². The Morgan fingerprint density at radius 3 is 1.81 bits per heavy atom. The molecule has 0 aromatic heterocycles. The predicted octanol–water partition coefficient (Wildman–Crippen LogP) is 5.86. The average Bonchev–Trinajstić information content (AvgIpc) is 2.69. The van der Waals surface area contributed by atoms with E-state index in [1.54, 1.807) is 31.4 Å². The van der Waals surface area contributed by atoms with Gasteiger partial charge in [-0.05, 0) is 72.1 Å². The number of nitrogens with one attached hydrogen (secondary N) is 1. The molecule has 0 atom stereocenters. The van der Waals surface area contributed by atoms with Gasteiger partial charge in [-0.15, -0.1) is 0 Å². The molecule has 0 aliphatic rings. The summed E-state index contributed by atoms with van der Waals surface area (Å²) in [7, 11) is 1.62. The van der Waals surface area contributed by atoms with Gasteiger partial charge in [-0.1, -0.05) is 26.0 Å². The standard InChI is InChI=1S/C23H23NO3/c1-16(2)17-4-8-19(9-5-17)24-23(25)18-6-10-21(11-7-18)27-22-14-12-20(26-3)13-15-22/h4-16H,1-3H3,(H,24,25). The van der Waals surface area contributed by atoms with Crippen molar-refractivity contribution in [2.45, 2.75) is 19.8 Å². The van der Waals surface area contributed by atoms with Gasteiger partial charge < -0.3 is 14.8 Å². The molecule has 3 rings (SSSR count). The zero-order chi connectivity index (χ0) is 19.2. The monoisotopic (exact) mass is 361 g/mol. The lowest BCUT2D eigenvalue weighted by Crippen LogP contribution is -2.11. The van der Waals surface area contributed by atoms with E-state index in [1.807, 2.05) is 48.5 Å². The molecule has 1 N–H and O–H groups in total. The van der Waals surface area contributed by atoms with Gasteiger partial charge in [0.15, 0.2) is 0 Å². The number of carbonyl (C=O) groups is 1. The zero-order valence-electron chi connectivity index (χ0n) is 15.7. The number of benzene rings is 3. The first-order chi connectivity index (χ1) is 13.0. The molecule has 0 radical (unpaired) electrons. The van der Waals surface area contributed by atoms with Gasteiger partial charge in [0.2, 0.25) is 0 Å². The third-order valence-electron chi connectivity index (χ3n) is 4.25. The van der Waals surface area contributed by atoms with Crippen LogP contribution in [0.5, 0.6) is 17.2 Å². The first-order valence-electron chi connectivity index (χ1n) is 8.88. The van der Waals surface area contributed by atoms with Gasteiger partial charge in [-0.3, -0.25) is 4.79 Å². The van der Waals surface area contributed by atoms with Gasteiger partial charge in [0.25, 0.3) is 5.91 Å². The molecule has 0 aliphatic carbocycles. The number of anilines is 1. The summed E-state index contributed by atoms with van der Waals surface area (Å²) in [6.45, 7) is 4.28. The molecule has 138 valence electrons. The van der Waals surface area contributed by atoms with Gasteiger partial charge in [0, 0.05) is 11.3 Å². The number of rotatable bonds is 6. The summed E-state index contributed by atoms with van der Waals surface area (Å²) in [5.74, 6) is 2.46. The SMILES string of the molecule is COc1ccc(Oc2ccc(C(=O)Nc3ccc(C(C)C)cc3)cc2)cc1. The summed E-state index contributed by atoms with van der Waals surface area (Å²) >= 11 is 0. The maximum Gasteiger partial charge on any atom is 0.255 e. The van der Waals surface area contributed by atoms with E-state index in [1.165, 1.54) is 5.56 Å². The van der Waals surface area contributed by atoms with Gasteiger partial charge in [-0.25, -0.2) is 0 Å². The summed E-state index contributed by atoms with van der Waals surface area (Å²) in [5.41, 5.74) is 2.60. The van der Waals surface area contributed by atoms with Crippen LogP contribution in [0, 0.1) is 0 Å². The maximum atomic E-state index is 12.4. The number of hydrogen-bond donors (Lipinski definition) is 1. The normalized spacial score (nSPS) is 10.5. The lowest BCUT2D eigenvalue weighted by Gasteiger charge is -2.09. The topological polar surface area (TPSA) is 47.6 Å². The summed E-state index contributed by atoms with van der Waals surface area (Å²) < 4.78 is 10.9. The van der Waals surface area contributed by atoms with Crippen LogP contribution in [0.25, 0.3) is 0 Å². The Balaban J connectivity index is 1.62. The molecule has 0 fully saturated rings. The van der Waals surface area contributed by atoms with Crippen LogP contribution in [0.15, 0.2) is 72.8 Å². The van der Waals surface area contributed by atoms with Crippen LogP contribution in [-0.4, -0.2) is 13.0 Å². The van der Waals surface area contributed by atoms with Crippen LogP contribution in [-0.2, 0) is 0 Å². The van der Waals surface area contributed by atoms with Crippen molar-refractivity contribution in [3.8, 4) is 17.2 Å². The van der Waals surface area contributed by atoms with E-state index in [4.69, 9.17) is 9.47 Å². The Bertz CT molecular complexity index is 882. The molecule has 0 saturated heterocycles. The van der Waals surface area contributed by atoms with E-state index in [0.29, 0.717) is 23.0 Å². The zero-order valence-corrected chi connectivity index (χ0v) is 15.7. The third-order valence-corrected chi connectivity index (χ3v) is 4.25. The van der Waals surface area contributed by atoms with Gasteiger partial charge in [0.1, 0.15) is 17.2 Å². The van der Waals surface area contributed by atoms with Crippen LogP contribution in [0.4, 0.5) is 5.69 Å². The van der Waals surface area contributed by atoms with Crippen molar-refractivity contribution in [3.05, 3.63) is 83.9 Å². The van der Waals surface area contributed by atoms with Crippen LogP contribution < -0.4 is 14.8 Å². The molecule has 0 bridgehead atoms. The molecule has 0 saturated carbocycles. The average molecular weight is 361 g/mol. The first kappa shape index (κ1) is 18.5. The van der Waals surface area contributed by atoms with Crippen molar-refractivity contribution in [1.82, 2.24) is 0 Å². The van der Waals surface area contributed by atoms with E-state index in [9.17, 15) is 4.79 Å². The van der Waals surface area contributed by atoms with Crippen LogP contribution in [0.3, 0.4) is 0 Å². The lowest BCUT2D eigenvalue weighted by atomic mass is 10.0. The fraction of sp³-hybridized carbons (Fsp3) is 0.174. The minimum atomic E-state index is -0.150. The van der Waals surface area contributed by atoms with Gasteiger partial charge in [0.05, 0.1) is 7.11 Å². The first-order valence-corrected chi connectivity index (χ1v) is 8.88. The largest absolute Gasteiger partial charge is 0.497 e. The summed E-state index contributed by atoms with van der Waals surface area (Å²) in [4.78, 5) is 12.4. The molecule has 1 amide bonds. The van der Waals surface area contributed by atoms with Gasteiger partial charge >= 0.3 is 0 Å². The summed E-state index contributed by atoms with van der Waals surface area (Å²) in [6, 6.07) is 22.3. The molecule has 0 spiro atoms. The third kappa shape index (κ3) is 4.88. The molecular weight excluding hydrogens is 338 g/mol. The highest BCUT2D eigenvalue weighted by Gasteiger charge is 2.07. The highest BCUT2D eigenvalue weighted by atomic mass is 16.5. The van der Waals surface area contributed by atoms with Crippen molar-refractivity contribution >= 4 is 11.6 Å². The second kappa shape index (κ2) is 8.41. The molecule has 27 heavy (non-hydrogen) atoms. The molecule has 3 aromatic carbocycles. The van der Waals surface area contributed by atoms with Crippen molar-refractivity contribution in [2.24, 2.45) is 0 Å². The highest BCUT2D eigenvalue weighted by Crippen LogP contribution is 2.24. The van der Waals surface area contributed by atoms with E-state index in [-0.39, 0.29) is 5.91 Å². The van der Waals surface area contributed by atoms with Crippen molar-refractivity contribution < 1.29 is 14.3 Å². The number of methoxy groups -OCH3 is 1. The quantitative estimate of drug-likeness (QED) is 0.598. The van der Waals surface area contributed by atoms with Crippen molar-refractivity contribution in [2.75, 3.05) is 12.4 Å². The van der Waals surface area contributed by atoms with Crippen molar-refractivity contribution in [3.63, 3.8) is 0 Å². The fourth-order valence-corrected chi connectivity index (χ4v) is 2.61. The molecule has 4 heteroatoms. The molecular formula is C23H23NO3. The number of hydrogen-bond acceptors (Lipinski definition) is 3. The summed E-state index contributed by atoms with van der Waals surface area (Å²) in [5, 5.41) is 2.91. The van der Waals surface area contributed by atoms with E-state index in [2.05, 4.69) is 19.2 Å². The minimum Gasteiger partial charge on any atom is -0.497 e. The second-order valence-electron chi connectivity index (χ2n) is 6.53. The van der Waals surface area contributed by atoms with Crippen LogP contribution in [0.2, 0.25) is 0 Å². The molecule has 3 aromatic rings. The summed E-state index contributed by atoms with van der Waals surface area (Å²) in [6.07, 6.45) is 0. The van der Waals surface area contributed by atoms with E-state index >= 15 is 0 Å². The highest BCUT2D eigenvalue weighted by molar-refractivity contribution is 6.04. The molecule has 4 nitrogen and oxygen atoms in total. The number of ether oxygens (including phenoxy) is 2. The molecule has 0 unspecified atom stereocenters. The maximum absolute atomic E-state index is 12.4. The second-order valence-corrected chi connectivity index (χ2v) is 6.53.